The molecule has 0 spiro atoms. The lowest BCUT2D eigenvalue weighted by Crippen LogP contribution is -2.45. The van der Waals surface area contributed by atoms with Gasteiger partial charge in [-0.05, 0) is 37.2 Å². The van der Waals surface area contributed by atoms with Crippen molar-refractivity contribution in [3.05, 3.63) is 35.6 Å². The fourth-order valence-electron chi connectivity index (χ4n) is 2.25. The second-order valence-electron chi connectivity index (χ2n) is 5.15. The predicted octanol–water partition coefficient (Wildman–Crippen LogP) is 2.16. The van der Waals surface area contributed by atoms with Crippen LogP contribution in [0.5, 0.6) is 0 Å². The van der Waals surface area contributed by atoms with E-state index in [-0.39, 0.29) is 29.8 Å². The Kier molecular flexibility index (Phi) is 7.95. The molecular formula is C15H24FIN4. The summed E-state index contributed by atoms with van der Waals surface area (Å²) in [5, 5.41) is 3.36. The molecule has 1 aromatic rings. The minimum atomic E-state index is -0.201. The lowest BCUT2D eigenvalue weighted by Gasteiger charge is -2.31. The molecule has 1 aliphatic heterocycles. The molecule has 1 aromatic carbocycles. The maximum absolute atomic E-state index is 12.9. The molecule has 0 radical (unpaired) electrons. The molecule has 1 saturated heterocycles. The molecule has 6 heteroatoms. The summed E-state index contributed by atoms with van der Waals surface area (Å²) in [6.45, 7) is 5.10. The summed E-state index contributed by atoms with van der Waals surface area (Å²) < 4.78 is 12.9. The van der Waals surface area contributed by atoms with Gasteiger partial charge in [-0.1, -0.05) is 12.1 Å². The van der Waals surface area contributed by atoms with E-state index in [0.717, 1.165) is 24.6 Å². The zero-order valence-corrected chi connectivity index (χ0v) is 15.0. The van der Waals surface area contributed by atoms with Gasteiger partial charge in [-0.2, -0.15) is 0 Å². The van der Waals surface area contributed by atoms with Gasteiger partial charge in [0.15, 0.2) is 5.96 Å². The second kappa shape index (κ2) is 9.19. The number of halogens is 2. The van der Waals surface area contributed by atoms with Crippen molar-refractivity contribution in [2.45, 2.75) is 13.0 Å². The van der Waals surface area contributed by atoms with Gasteiger partial charge < -0.3 is 15.1 Å². The van der Waals surface area contributed by atoms with Crippen LogP contribution in [0.2, 0.25) is 0 Å². The van der Waals surface area contributed by atoms with Crippen molar-refractivity contribution in [1.82, 2.24) is 15.1 Å². The van der Waals surface area contributed by atoms with E-state index in [1.807, 2.05) is 11.9 Å². The predicted molar refractivity (Wildman–Crippen MR) is 95.7 cm³/mol. The first-order valence-electron chi connectivity index (χ1n) is 7.07. The van der Waals surface area contributed by atoms with Crippen LogP contribution in [0.25, 0.3) is 0 Å². The van der Waals surface area contributed by atoms with Gasteiger partial charge in [0.1, 0.15) is 5.82 Å². The average molecular weight is 406 g/mol. The van der Waals surface area contributed by atoms with Crippen LogP contribution in [0.15, 0.2) is 29.3 Å². The highest BCUT2D eigenvalue weighted by Crippen LogP contribution is 2.06. The van der Waals surface area contributed by atoms with E-state index in [9.17, 15) is 4.39 Å². The van der Waals surface area contributed by atoms with Crippen LogP contribution in [0.3, 0.4) is 0 Å². The van der Waals surface area contributed by atoms with Crippen molar-refractivity contribution >= 4 is 29.9 Å². The summed E-state index contributed by atoms with van der Waals surface area (Å²) in [4.78, 5) is 8.74. The van der Waals surface area contributed by atoms with Crippen LogP contribution in [0.4, 0.5) is 4.39 Å². The Balaban J connectivity index is 0.00000220. The number of likely N-dealkylation sites (tertiary alicyclic amines) is 1. The minimum absolute atomic E-state index is 0. The Labute approximate surface area is 143 Å². The van der Waals surface area contributed by atoms with E-state index >= 15 is 0 Å². The number of nitrogens with one attached hydrogen (secondary N) is 1. The van der Waals surface area contributed by atoms with Crippen molar-refractivity contribution in [2.75, 3.05) is 40.3 Å². The summed E-state index contributed by atoms with van der Waals surface area (Å²) in [6.07, 6.45) is 1.32. The maximum atomic E-state index is 12.9. The maximum Gasteiger partial charge on any atom is 0.193 e. The summed E-state index contributed by atoms with van der Waals surface area (Å²) in [5.41, 5.74) is 1.07. The standard InChI is InChI=1S/C15H23FN4.HI/c1-17-15(18-8-11-20-9-3-10-20)19(2)12-13-4-6-14(16)7-5-13;/h4-7H,3,8-12H2,1-2H3,(H,17,18);1H. The smallest absolute Gasteiger partial charge is 0.193 e. The summed E-state index contributed by atoms with van der Waals surface area (Å²) in [7, 11) is 3.77. The van der Waals surface area contributed by atoms with Gasteiger partial charge in [-0.3, -0.25) is 4.99 Å². The molecule has 4 nitrogen and oxygen atoms in total. The monoisotopic (exact) mass is 406 g/mol. The molecule has 118 valence electrons. The lowest BCUT2D eigenvalue weighted by molar-refractivity contribution is 0.184. The number of aliphatic imine (C=N–C) groups is 1. The Morgan fingerprint density at radius 2 is 2.00 bits per heavy atom. The number of hydrogen-bond acceptors (Lipinski definition) is 2. The van der Waals surface area contributed by atoms with Crippen molar-refractivity contribution < 1.29 is 4.39 Å². The van der Waals surface area contributed by atoms with Crippen LogP contribution >= 0.6 is 24.0 Å². The summed E-state index contributed by atoms with van der Waals surface area (Å²) in [6, 6.07) is 6.59. The van der Waals surface area contributed by atoms with Crippen LogP contribution in [0.1, 0.15) is 12.0 Å². The molecule has 1 heterocycles. The van der Waals surface area contributed by atoms with E-state index in [0.29, 0.717) is 6.54 Å². The molecule has 0 saturated carbocycles. The van der Waals surface area contributed by atoms with E-state index in [4.69, 9.17) is 0 Å². The number of nitrogens with zero attached hydrogens (tertiary/aromatic N) is 3. The zero-order valence-electron chi connectivity index (χ0n) is 12.7. The highest BCUT2D eigenvalue weighted by atomic mass is 127. The SMILES string of the molecule is CN=C(NCCN1CCC1)N(C)Cc1ccc(F)cc1.I. The molecular weight excluding hydrogens is 382 g/mol. The van der Waals surface area contributed by atoms with Crippen LogP contribution in [0, 0.1) is 5.82 Å². The van der Waals surface area contributed by atoms with Crippen molar-refractivity contribution in [3.63, 3.8) is 0 Å². The van der Waals surface area contributed by atoms with Gasteiger partial charge >= 0.3 is 0 Å². The second-order valence-corrected chi connectivity index (χ2v) is 5.15. The van der Waals surface area contributed by atoms with Crippen molar-refractivity contribution in [3.8, 4) is 0 Å². The topological polar surface area (TPSA) is 30.9 Å². The average Bonchev–Trinajstić information content (AvgIpc) is 2.39. The highest BCUT2D eigenvalue weighted by Gasteiger charge is 2.13. The Bertz CT molecular complexity index is 445. The Hall–Kier alpha value is -0.890. The molecule has 0 aliphatic carbocycles. The van der Waals surface area contributed by atoms with Crippen molar-refractivity contribution in [2.24, 2.45) is 4.99 Å². The van der Waals surface area contributed by atoms with E-state index < -0.39 is 0 Å². The van der Waals surface area contributed by atoms with Gasteiger partial charge in [0.05, 0.1) is 0 Å². The lowest BCUT2D eigenvalue weighted by atomic mass is 10.2. The zero-order chi connectivity index (χ0) is 14.4. The van der Waals surface area contributed by atoms with Crippen LogP contribution in [-0.2, 0) is 6.54 Å². The molecule has 0 aromatic heterocycles. The third-order valence-electron chi connectivity index (χ3n) is 3.57. The number of guanidine groups is 1. The third-order valence-corrected chi connectivity index (χ3v) is 3.57. The summed E-state index contributed by atoms with van der Waals surface area (Å²) in [5.74, 6) is 0.670. The van der Waals surface area contributed by atoms with Crippen LogP contribution in [-0.4, -0.2) is 56.0 Å². The quantitative estimate of drug-likeness (QED) is 0.462. The molecule has 0 atom stereocenters. The first kappa shape index (κ1) is 18.2. The Morgan fingerprint density at radius 3 is 2.52 bits per heavy atom. The molecule has 0 unspecified atom stereocenters. The van der Waals surface area contributed by atoms with Gasteiger partial charge in [0.2, 0.25) is 0 Å². The van der Waals surface area contributed by atoms with E-state index in [1.165, 1.54) is 31.6 Å². The molecule has 2 rings (SSSR count). The number of benzene rings is 1. The molecule has 1 N–H and O–H groups in total. The van der Waals surface area contributed by atoms with Gasteiger partial charge in [-0.25, -0.2) is 4.39 Å². The van der Waals surface area contributed by atoms with E-state index in [2.05, 4.69) is 15.2 Å². The van der Waals surface area contributed by atoms with Gasteiger partial charge in [0, 0.05) is 33.7 Å². The van der Waals surface area contributed by atoms with Crippen LogP contribution < -0.4 is 5.32 Å². The Morgan fingerprint density at radius 1 is 1.33 bits per heavy atom. The molecule has 0 bridgehead atoms. The number of rotatable bonds is 5. The van der Waals surface area contributed by atoms with Gasteiger partial charge in [0.25, 0.3) is 0 Å². The normalized spacial score (nSPS) is 15.1. The molecule has 1 aliphatic rings. The molecule has 0 amide bonds. The van der Waals surface area contributed by atoms with E-state index in [1.54, 1.807) is 19.2 Å². The number of hydrogen-bond donors (Lipinski definition) is 1. The largest absolute Gasteiger partial charge is 0.355 e. The minimum Gasteiger partial charge on any atom is -0.355 e. The molecule has 21 heavy (non-hydrogen) atoms. The summed E-state index contributed by atoms with van der Waals surface area (Å²) >= 11 is 0. The third kappa shape index (κ3) is 5.78. The first-order chi connectivity index (χ1) is 9.69. The van der Waals surface area contributed by atoms with Gasteiger partial charge in [-0.15, -0.1) is 24.0 Å². The molecule has 1 fully saturated rings. The fourth-order valence-corrected chi connectivity index (χ4v) is 2.25. The first-order valence-corrected chi connectivity index (χ1v) is 7.07. The fraction of sp³-hybridized carbons (Fsp3) is 0.533. The van der Waals surface area contributed by atoms with Crippen molar-refractivity contribution in [1.29, 1.82) is 0 Å². The highest BCUT2D eigenvalue weighted by molar-refractivity contribution is 14.0.